The standard InChI is InChI=1S/C14H10ClF3N2/c1-8(7-19)4-11-3-2-9-5-10(15)6-12(13(9)20-11)14(16,17)18/h2-3,5-6,8H,4H2,1H3. The van der Waals surface area contributed by atoms with E-state index in [9.17, 15) is 13.2 Å². The second-order valence-corrected chi connectivity index (χ2v) is 5.00. The lowest BCUT2D eigenvalue weighted by Gasteiger charge is -2.12. The molecule has 0 bridgehead atoms. The van der Waals surface area contributed by atoms with Gasteiger partial charge in [-0.05, 0) is 25.1 Å². The number of hydrogen-bond acceptors (Lipinski definition) is 2. The molecule has 0 fully saturated rings. The Morgan fingerprint density at radius 2 is 2.05 bits per heavy atom. The molecule has 0 saturated carbocycles. The van der Waals surface area contributed by atoms with Crippen LogP contribution in [0.25, 0.3) is 10.9 Å². The average Bonchev–Trinajstić information content (AvgIpc) is 2.37. The van der Waals surface area contributed by atoms with E-state index in [1.54, 1.807) is 19.1 Å². The minimum absolute atomic E-state index is 0.0183. The fourth-order valence-electron chi connectivity index (χ4n) is 1.93. The third-order valence-corrected chi connectivity index (χ3v) is 3.07. The first-order chi connectivity index (χ1) is 9.31. The van der Waals surface area contributed by atoms with Crippen molar-refractivity contribution in [3.8, 4) is 6.07 Å². The van der Waals surface area contributed by atoms with Crippen LogP contribution in [0.3, 0.4) is 0 Å². The maximum absolute atomic E-state index is 13.0. The summed E-state index contributed by atoms with van der Waals surface area (Å²) in [4.78, 5) is 4.04. The second-order valence-electron chi connectivity index (χ2n) is 4.56. The lowest BCUT2D eigenvalue weighted by Crippen LogP contribution is -2.08. The van der Waals surface area contributed by atoms with E-state index in [1.807, 2.05) is 6.07 Å². The predicted octanol–water partition coefficient (Wildman–Crippen LogP) is 4.61. The molecule has 6 heteroatoms. The third kappa shape index (κ3) is 3.02. The molecule has 1 aromatic heterocycles. The van der Waals surface area contributed by atoms with Gasteiger partial charge in [-0.1, -0.05) is 17.7 Å². The van der Waals surface area contributed by atoms with E-state index in [2.05, 4.69) is 4.98 Å². The Labute approximate surface area is 118 Å². The molecular weight excluding hydrogens is 289 g/mol. The molecule has 0 spiro atoms. The average molecular weight is 299 g/mol. The molecule has 2 nitrogen and oxygen atoms in total. The van der Waals surface area contributed by atoms with Gasteiger partial charge in [0.15, 0.2) is 0 Å². The van der Waals surface area contributed by atoms with E-state index in [4.69, 9.17) is 16.9 Å². The summed E-state index contributed by atoms with van der Waals surface area (Å²) < 4.78 is 39.0. The Hall–Kier alpha value is -1.80. The first-order valence-corrected chi connectivity index (χ1v) is 6.25. The highest BCUT2D eigenvalue weighted by Gasteiger charge is 2.33. The molecule has 0 aliphatic rings. The van der Waals surface area contributed by atoms with Crippen molar-refractivity contribution >= 4 is 22.5 Å². The smallest absolute Gasteiger partial charge is 0.252 e. The lowest BCUT2D eigenvalue weighted by molar-refractivity contribution is -0.136. The first-order valence-electron chi connectivity index (χ1n) is 5.87. The van der Waals surface area contributed by atoms with Crippen molar-refractivity contribution in [2.24, 2.45) is 5.92 Å². The van der Waals surface area contributed by atoms with Gasteiger partial charge in [0, 0.05) is 28.4 Å². The van der Waals surface area contributed by atoms with Crippen LogP contribution >= 0.6 is 11.6 Å². The zero-order valence-electron chi connectivity index (χ0n) is 10.5. The first kappa shape index (κ1) is 14.6. The van der Waals surface area contributed by atoms with Gasteiger partial charge in [-0.2, -0.15) is 18.4 Å². The zero-order valence-corrected chi connectivity index (χ0v) is 11.3. The Balaban J connectivity index is 2.61. The summed E-state index contributed by atoms with van der Waals surface area (Å²) in [5.74, 6) is -0.304. The van der Waals surface area contributed by atoms with Gasteiger partial charge in [0.25, 0.3) is 0 Å². The number of hydrogen-bond donors (Lipinski definition) is 0. The summed E-state index contributed by atoms with van der Waals surface area (Å²) in [6.45, 7) is 1.69. The number of pyridine rings is 1. The topological polar surface area (TPSA) is 36.7 Å². The molecule has 20 heavy (non-hydrogen) atoms. The van der Waals surface area contributed by atoms with Gasteiger partial charge in [0.1, 0.15) is 0 Å². The molecule has 0 amide bonds. The van der Waals surface area contributed by atoms with Crippen LogP contribution in [0, 0.1) is 17.2 Å². The molecule has 1 unspecified atom stereocenters. The van der Waals surface area contributed by atoms with Gasteiger partial charge in [0.05, 0.1) is 17.1 Å². The van der Waals surface area contributed by atoms with E-state index < -0.39 is 11.7 Å². The highest BCUT2D eigenvalue weighted by molar-refractivity contribution is 6.31. The van der Waals surface area contributed by atoms with Crippen molar-refractivity contribution < 1.29 is 13.2 Å². The van der Waals surface area contributed by atoms with E-state index >= 15 is 0 Å². The number of halogens is 4. The zero-order chi connectivity index (χ0) is 14.9. The van der Waals surface area contributed by atoms with Crippen LogP contribution in [-0.2, 0) is 12.6 Å². The van der Waals surface area contributed by atoms with Crippen LogP contribution in [0.1, 0.15) is 18.2 Å². The highest BCUT2D eigenvalue weighted by Crippen LogP contribution is 2.36. The summed E-state index contributed by atoms with van der Waals surface area (Å²) in [5.41, 5.74) is -0.532. The minimum atomic E-state index is -4.52. The number of rotatable bonds is 2. The van der Waals surface area contributed by atoms with Crippen LogP contribution in [0.15, 0.2) is 24.3 Å². The molecule has 1 atom stereocenters. The molecule has 1 heterocycles. The van der Waals surface area contributed by atoms with Gasteiger partial charge < -0.3 is 0 Å². The summed E-state index contributed by atoms with van der Waals surface area (Å²) in [5, 5.41) is 9.10. The minimum Gasteiger partial charge on any atom is -0.252 e. The molecule has 0 aliphatic heterocycles. The van der Waals surface area contributed by atoms with Gasteiger partial charge in [0.2, 0.25) is 0 Å². The third-order valence-electron chi connectivity index (χ3n) is 2.86. The van der Waals surface area contributed by atoms with Gasteiger partial charge in [-0.3, -0.25) is 4.98 Å². The summed E-state index contributed by atoms with van der Waals surface area (Å²) >= 11 is 5.71. The van der Waals surface area contributed by atoms with Crippen molar-refractivity contribution in [2.75, 3.05) is 0 Å². The van der Waals surface area contributed by atoms with Crippen molar-refractivity contribution in [1.29, 1.82) is 5.26 Å². The Morgan fingerprint density at radius 3 is 2.65 bits per heavy atom. The second kappa shape index (κ2) is 5.29. The SMILES string of the molecule is CC(C#N)Cc1ccc2cc(Cl)cc(C(F)(F)F)c2n1. The Kier molecular flexibility index (Phi) is 3.87. The maximum atomic E-state index is 13.0. The van der Waals surface area contributed by atoms with Crippen LogP contribution in [0.5, 0.6) is 0 Å². The van der Waals surface area contributed by atoms with Gasteiger partial charge >= 0.3 is 6.18 Å². The van der Waals surface area contributed by atoms with E-state index in [-0.39, 0.29) is 16.5 Å². The molecule has 0 saturated heterocycles. The molecule has 2 rings (SSSR count). The van der Waals surface area contributed by atoms with E-state index in [0.717, 1.165) is 6.07 Å². The van der Waals surface area contributed by atoms with Crippen molar-refractivity contribution in [3.05, 3.63) is 40.5 Å². The quantitative estimate of drug-likeness (QED) is 0.812. The fourth-order valence-corrected chi connectivity index (χ4v) is 2.15. The van der Waals surface area contributed by atoms with Crippen LogP contribution in [0.2, 0.25) is 5.02 Å². The fraction of sp³-hybridized carbons (Fsp3) is 0.286. The molecule has 0 radical (unpaired) electrons. The summed E-state index contributed by atoms with van der Waals surface area (Å²) in [6.07, 6.45) is -4.21. The number of alkyl halides is 3. The van der Waals surface area contributed by atoms with Crippen molar-refractivity contribution in [3.63, 3.8) is 0 Å². The molecule has 104 valence electrons. The van der Waals surface area contributed by atoms with E-state index in [0.29, 0.717) is 17.5 Å². The summed E-state index contributed by atoms with van der Waals surface area (Å²) in [7, 11) is 0. The number of nitriles is 1. The highest BCUT2D eigenvalue weighted by atomic mass is 35.5. The predicted molar refractivity (Wildman–Crippen MR) is 70.2 cm³/mol. The molecule has 2 aromatic rings. The molecule has 0 aliphatic carbocycles. The van der Waals surface area contributed by atoms with Gasteiger partial charge in [-0.15, -0.1) is 0 Å². The molecule has 1 aromatic carbocycles. The lowest BCUT2D eigenvalue weighted by atomic mass is 10.0. The van der Waals surface area contributed by atoms with Crippen LogP contribution < -0.4 is 0 Å². The van der Waals surface area contributed by atoms with Crippen molar-refractivity contribution in [1.82, 2.24) is 4.98 Å². The van der Waals surface area contributed by atoms with E-state index in [1.165, 1.54) is 6.07 Å². The van der Waals surface area contributed by atoms with Crippen molar-refractivity contribution in [2.45, 2.75) is 19.5 Å². The Morgan fingerprint density at radius 1 is 1.35 bits per heavy atom. The van der Waals surface area contributed by atoms with Gasteiger partial charge in [-0.25, -0.2) is 0 Å². The van der Waals surface area contributed by atoms with Crippen LogP contribution in [-0.4, -0.2) is 4.98 Å². The summed E-state index contributed by atoms with van der Waals surface area (Å²) in [6, 6.07) is 7.50. The van der Waals surface area contributed by atoms with Crippen LogP contribution in [0.4, 0.5) is 13.2 Å². The molecule has 0 N–H and O–H groups in total. The molecular formula is C14H10ClF3N2. The number of aromatic nitrogens is 1. The maximum Gasteiger partial charge on any atom is 0.418 e. The number of benzene rings is 1. The largest absolute Gasteiger partial charge is 0.418 e. The monoisotopic (exact) mass is 298 g/mol. The normalized spacial score (nSPS) is 13.2. The number of nitrogens with zero attached hydrogens (tertiary/aromatic N) is 2. The Bertz CT molecular complexity index is 689. The number of fused-ring (bicyclic) bond motifs is 1.